The van der Waals surface area contributed by atoms with Crippen LogP contribution >= 0.6 is 0 Å². The van der Waals surface area contributed by atoms with Crippen molar-refractivity contribution in [3.63, 3.8) is 0 Å². The largest absolute Gasteiger partial charge is 0.488 e. The van der Waals surface area contributed by atoms with E-state index in [2.05, 4.69) is 6.92 Å². The molecule has 0 radical (unpaired) electrons. The second-order valence-corrected chi connectivity index (χ2v) is 4.03. The van der Waals surface area contributed by atoms with Crippen molar-refractivity contribution in [1.29, 1.82) is 0 Å². The SMILES string of the molecule is CCCC(C)OCc1cccc(B(O)O)c1. The van der Waals surface area contributed by atoms with Crippen molar-refractivity contribution >= 4 is 12.6 Å². The molecule has 4 heteroatoms. The molecule has 3 nitrogen and oxygen atoms in total. The van der Waals surface area contributed by atoms with E-state index in [9.17, 15) is 0 Å². The summed E-state index contributed by atoms with van der Waals surface area (Å²) in [7, 11) is -1.41. The summed E-state index contributed by atoms with van der Waals surface area (Å²) in [6.45, 7) is 4.69. The minimum absolute atomic E-state index is 0.243. The summed E-state index contributed by atoms with van der Waals surface area (Å²) in [6.07, 6.45) is 2.39. The van der Waals surface area contributed by atoms with Gasteiger partial charge in [0.1, 0.15) is 0 Å². The van der Waals surface area contributed by atoms with Crippen LogP contribution in [0.15, 0.2) is 24.3 Å². The Morgan fingerprint density at radius 3 is 2.75 bits per heavy atom. The zero-order valence-corrected chi connectivity index (χ0v) is 9.89. The Hall–Kier alpha value is -0.835. The van der Waals surface area contributed by atoms with Gasteiger partial charge in [-0.1, -0.05) is 37.6 Å². The highest BCUT2D eigenvalue weighted by molar-refractivity contribution is 6.58. The van der Waals surface area contributed by atoms with Gasteiger partial charge in [0, 0.05) is 0 Å². The van der Waals surface area contributed by atoms with Crippen LogP contribution in [0.4, 0.5) is 0 Å². The lowest BCUT2D eigenvalue weighted by atomic mass is 9.80. The lowest BCUT2D eigenvalue weighted by Gasteiger charge is -2.12. The second kappa shape index (κ2) is 6.68. The average Bonchev–Trinajstić information content (AvgIpc) is 2.27. The molecule has 0 amide bonds. The molecule has 0 saturated heterocycles. The van der Waals surface area contributed by atoms with Crippen LogP contribution < -0.4 is 5.46 Å². The third kappa shape index (κ3) is 4.35. The molecule has 0 aromatic heterocycles. The topological polar surface area (TPSA) is 49.7 Å². The third-order valence-corrected chi connectivity index (χ3v) is 2.48. The van der Waals surface area contributed by atoms with E-state index < -0.39 is 7.12 Å². The summed E-state index contributed by atoms with van der Waals surface area (Å²) in [5.74, 6) is 0. The third-order valence-electron chi connectivity index (χ3n) is 2.48. The van der Waals surface area contributed by atoms with E-state index in [1.165, 1.54) is 0 Å². The molecule has 88 valence electrons. The maximum absolute atomic E-state index is 9.02. The molecule has 0 spiro atoms. The second-order valence-electron chi connectivity index (χ2n) is 4.03. The normalized spacial score (nSPS) is 12.5. The predicted octanol–water partition coefficient (Wildman–Crippen LogP) is 1.07. The first-order valence-corrected chi connectivity index (χ1v) is 5.70. The van der Waals surface area contributed by atoms with Crippen LogP contribution in [-0.2, 0) is 11.3 Å². The van der Waals surface area contributed by atoms with Gasteiger partial charge in [-0.05, 0) is 24.4 Å². The Labute approximate surface area is 97.2 Å². The fraction of sp³-hybridized carbons (Fsp3) is 0.500. The van der Waals surface area contributed by atoms with Crippen molar-refractivity contribution in [3.05, 3.63) is 29.8 Å². The molecule has 0 aliphatic rings. The molecule has 1 aromatic rings. The number of ether oxygens (including phenoxy) is 1. The van der Waals surface area contributed by atoms with Gasteiger partial charge in [0.15, 0.2) is 0 Å². The van der Waals surface area contributed by atoms with E-state index >= 15 is 0 Å². The molecule has 0 heterocycles. The zero-order chi connectivity index (χ0) is 12.0. The van der Waals surface area contributed by atoms with Gasteiger partial charge in [-0.3, -0.25) is 0 Å². The molecule has 0 fully saturated rings. The quantitative estimate of drug-likeness (QED) is 0.708. The Bertz CT molecular complexity index is 315. The van der Waals surface area contributed by atoms with Crippen molar-refractivity contribution in [3.8, 4) is 0 Å². The molecule has 2 N–H and O–H groups in total. The van der Waals surface area contributed by atoms with Crippen LogP contribution in [-0.4, -0.2) is 23.3 Å². The van der Waals surface area contributed by atoms with Gasteiger partial charge in [0.05, 0.1) is 12.7 Å². The number of rotatable bonds is 6. The van der Waals surface area contributed by atoms with Crippen LogP contribution in [0.3, 0.4) is 0 Å². The maximum Gasteiger partial charge on any atom is 0.488 e. The Balaban J connectivity index is 2.50. The summed E-state index contributed by atoms with van der Waals surface area (Å²) in [5, 5.41) is 18.0. The van der Waals surface area contributed by atoms with Gasteiger partial charge >= 0.3 is 7.12 Å². The lowest BCUT2D eigenvalue weighted by molar-refractivity contribution is 0.0472. The molecule has 0 aliphatic carbocycles. The van der Waals surface area contributed by atoms with Crippen molar-refractivity contribution in [2.24, 2.45) is 0 Å². The highest BCUT2D eigenvalue weighted by Gasteiger charge is 2.10. The molecule has 0 bridgehead atoms. The monoisotopic (exact) mass is 222 g/mol. The molecule has 16 heavy (non-hydrogen) atoms. The number of hydrogen-bond donors (Lipinski definition) is 2. The van der Waals surface area contributed by atoms with Crippen LogP contribution in [0, 0.1) is 0 Å². The summed E-state index contributed by atoms with van der Waals surface area (Å²) in [5.41, 5.74) is 1.47. The molecular weight excluding hydrogens is 203 g/mol. The average molecular weight is 222 g/mol. The van der Waals surface area contributed by atoms with E-state index in [1.54, 1.807) is 18.2 Å². The molecule has 1 aromatic carbocycles. The lowest BCUT2D eigenvalue weighted by Crippen LogP contribution is -2.29. The van der Waals surface area contributed by atoms with Crippen LogP contribution in [0.2, 0.25) is 0 Å². The van der Waals surface area contributed by atoms with E-state index in [-0.39, 0.29) is 6.10 Å². The minimum atomic E-state index is -1.41. The fourth-order valence-corrected chi connectivity index (χ4v) is 1.57. The fourth-order valence-electron chi connectivity index (χ4n) is 1.57. The van der Waals surface area contributed by atoms with Crippen LogP contribution in [0.1, 0.15) is 32.3 Å². The Kier molecular flexibility index (Phi) is 5.53. The van der Waals surface area contributed by atoms with Gasteiger partial charge in [-0.2, -0.15) is 0 Å². The first kappa shape index (κ1) is 13.2. The molecule has 0 saturated carbocycles. The predicted molar refractivity (Wildman–Crippen MR) is 65.4 cm³/mol. The summed E-state index contributed by atoms with van der Waals surface area (Å²) in [6, 6.07) is 7.16. The van der Waals surface area contributed by atoms with Gasteiger partial charge in [-0.25, -0.2) is 0 Å². The number of benzene rings is 1. The summed E-state index contributed by atoms with van der Waals surface area (Å²) in [4.78, 5) is 0. The van der Waals surface area contributed by atoms with Gasteiger partial charge in [0.2, 0.25) is 0 Å². The zero-order valence-electron chi connectivity index (χ0n) is 9.89. The Morgan fingerprint density at radius 1 is 1.38 bits per heavy atom. The van der Waals surface area contributed by atoms with Crippen molar-refractivity contribution in [1.82, 2.24) is 0 Å². The number of hydrogen-bond acceptors (Lipinski definition) is 3. The van der Waals surface area contributed by atoms with E-state index in [1.807, 2.05) is 13.0 Å². The standard InChI is InChI=1S/C12H19BO3/c1-3-5-10(2)16-9-11-6-4-7-12(8-11)13(14)15/h4,6-8,10,14-15H,3,5,9H2,1-2H3. The van der Waals surface area contributed by atoms with Crippen molar-refractivity contribution in [2.75, 3.05) is 0 Å². The molecule has 1 rings (SSSR count). The highest BCUT2D eigenvalue weighted by Crippen LogP contribution is 2.06. The van der Waals surface area contributed by atoms with Crippen LogP contribution in [0.5, 0.6) is 0 Å². The summed E-state index contributed by atoms with van der Waals surface area (Å²) >= 11 is 0. The first-order chi connectivity index (χ1) is 7.63. The Morgan fingerprint density at radius 2 is 2.12 bits per heavy atom. The highest BCUT2D eigenvalue weighted by atomic mass is 16.5. The molecule has 0 aliphatic heterocycles. The van der Waals surface area contributed by atoms with E-state index in [4.69, 9.17) is 14.8 Å². The van der Waals surface area contributed by atoms with E-state index in [0.717, 1.165) is 18.4 Å². The first-order valence-electron chi connectivity index (χ1n) is 5.70. The van der Waals surface area contributed by atoms with Gasteiger partial charge in [-0.15, -0.1) is 0 Å². The maximum atomic E-state index is 9.02. The van der Waals surface area contributed by atoms with Crippen molar-refractivity contribution in [2.45, 2.75) is 39.4 Å². The van der Waals surface area contributed by atoms with E-state index in [0.29, 0.717) is 12.1 Å². The van der Waals surface area contributed by atoms with Crippen LogP contribution in [0.25, 0.3) is 0 Å². The molecule has 1 unspecified atom stereocenters. The molecule has 1 atom stereocenters. The smallest absolute Gasteiger partial charge is 0.423 e. The minimum Gasteiger partial charge on any atom is -0.423 e. The van der Waals surface area contributed by atoms with Crippen molar-refractivity contribution < 1.29 is 14.8 Å². The molecular formula is C12H19BO3. The van der Waals surface area contributed by atoms with Gasteiger partial charge < -0.3 is 14.8 Å². The summed E-state index contributed by atoms with van der Waals surface area (Å²) < 4.78 is 5.64. The van der Waals surface area contributed by atoms with Gasteiger partial charge in [0.25, 0.3) is 0 Å².